The lowest BCUT2D eigenvalue weighted by molar-refractivity contribution is 0.0657. The van der Waals surface area contributed by atoms with Gasteiger partial charge in [-0.3, -0.25) is 0 Å². The molecule has 0 amide bonds. The van der Waals surface area contributed by atoms with Gasteiger partial charge in [-0.1, -0.05) is 12.8 Å². The van der Waals surface area contributed by atoms with Crippen LogP contribution in [-0.4, -0.2) is 61.1 Å². The largest absolute Gasteiger partial charge is 0.393 e. The van der Waals surface area contributed by atoms with Crippen molar-refractivity contribution in [2.45, 2.75) is 37.9 Å². The summed E-state index contributed by atoms with van der Waals surface area (Å²) in [5.41, 5.74) is 0. The van der Waals surface area contributed by atoms with Crippen molar-refractivity contribution in [1.29, 1.82) is 0 Å². The summed E-state index contributed by atoms with van der Waals surface area (Å²) in [7, 11) is 3.90. The van der Waals surface area contributed by atoms with Gasteiger partial charge in [0.15, 0.2) is 0 Å². The van der Waals surface area contributed by atoms with Gasteiger partial charge in [-0.2, -0.15) is 0 Å². The standard InChI is InChI=1S/C12H26N2O2/c1-14(2)9-11(15)8-13-7-10-5-3-4-6-12(10)16/h10-13,15-16H,3-9H2,1-2H3. The fraction of sp³-hybridized carbons (Fsp3) is 1.00. The van der Waals surface area contributed by atoms with E-state index in [9.17, 15) is 10.2 Å². The van der Waals surface area contributed by atoms with E-state index < -0.39 is 0 Å². The van der Waals surface area contributed by atoms with E-state index >= 15 is 0 Å². The van der Waals surface area contributed by atoms with Gasteiger partial charge in [0.2, 0.25) is 0 Å². The van der Waals surface area contributed by atoms with Crippen LogP contribution >= 0.6 is 0 Å². The van der Waals surface area contributed by atoms with Gasteiger partial charge in [-0.15, -0.1) is 0 Å². The summed E-state index contributed by atoms with van der Waals surface area (Å²) >= 11 is 0. The molecule has 1 aliphatic rings. The molecule has 0 aliphatic heterocycles. The van der Waals surface area contributed by atoms with E-state index in [-0.39, 0.29) is 12.2 Å². The predicted molar refractivity (Wildman–Crippen MR) is 65.4 cm³/mol. The minimum atomic E-state index is -0.323. The maximum Gasteiger partial charge on any atom is 0.0791 e. The van der Waals surface area contributed by atoms with Crippen LogP contribution in [0.15, 0.2) is 0 Å². The van der Waals surface area contributed by atoms with Crippen LogP contribution < -0.4 is 5.32 Å². The van der Waals surface area contributed by atoms with Gasteiger partial charge in [0, 0.05) is 19.6 Å². The first kappa shape index (κ1) is 13.9. The van der Waals surface area contributed by atoms with Gasteiger partial charge < -0.3 is 20.4 Å². The predicted octanol–water partition coefficient (Wildman–Crippen LogP) is 0.0496. The summed E-state index contributed by atoms with van der Waals surface area (Å²) in [6.45, 7) is 2.12. The Morgan fingerprint density at radius 1 is 1.31 bits per heavy atom. The van der Waals surface area contributed by atoms with Crippen LogP contribution in [0.2, 0.25) is 0 Å². The zero-order chi connectivity index (χ0) is 12.0. The Balaban J connectivity index is 2.09. The molecule has 0 saturated heterocycles. The maximum absolute atomic E-state index is 9.77. The summed E-state index contributed by atoms with van der Waals surface area (Å²) in [5.74, 6) is 0.375. The first-order chi connectivity index (χ1) is 7.59. The molecule has 0 aromatic heterocycles. The van der Waals surface area contributed by atoms with Crippen molar-refractivity contribution in [1.82, 2.24) is 10.2 Å². The van der Waals surface area contributed by atoms with Crippen LogP contribution in [0.25, 0.3) is 0 Å². The maximum atomic E-state index is 9.77. The van der Waals surface area contributed by atoms with Crippen LogP contribution in [-0.2, 0) is 0 Å². The molecular formula is C12H26N2O2. The molecule has 1 fully saturated rings. The van der Waals surface area contributed by atoms with E-state index in [0.717, 1.165) is 25.8 Å². The third kappa shape index (κ3) is 5.25. The zero-order valence-electron chi connectivity index (χ0n) is 10.5. The highest BCUT2D eigenvalue weighted by Gasteiger charge is 2.22. The molecule has 0 radical (unpaired) electrons. The number of rotatable bonds is 6. The third-order valence-corrected chi connectivity index (χ3v) is 3.23. The number of nitrogens with zero attached hydrogens (tertiary/aromatic N) is 1. The molecule has 0 heterocycles. The quantitative estimate of drug-likeness (QED) is 0.603. The minimum absolute atomic E-state index is 0.146. The Hall–Kier alpha value is -0.160. The van der Waals surface area contributed by atoms with Gasteiger partial charge in [-0.05, 0) is 32.9 Å². The normalized spacial score (nSPS) is 28.3. The second-order valence-corrected chi connectivity index (χ2v) is 5.19. The van der Waals surface area contributed by atoms with E-state index in [1.165, 1.54) is 6.42 Å². The highest BCUT2D eigenvalue weighted by Crippen LogP contribution is 2.23. The van der Waals surface area contributed by atoms with E-state index in [1.807, 2.05) is 19.0 Å². The third-order valence-electron chi connectivity index (χ3n) is 3.23. The molecule has 3 N–H and O–H groups in total. The summed E-state index contributed by atoms with van der Waals surface area (Å²) in [6.07, 6.45) is 3.96. The molecule has 3 atom stereocenters. The minimum Gasteiger partial charge on any atom is -0.393 e. The van der Waals surface area contributed by atoms with Crippen LogP contribution in [0, 0.1) is 5.92 Å². The molecule has 16 heavy (non-hydrogen) atoms. The number of hydrogen-bond acceptors (Lipinski definition) is 4. The molecule has 1 rings (SSSR count). The summed E-state index contributed by atoms with van der Waals surface area (Å²) in [6, 6.07) is 0. The lowest BCUT2D eigenvalue weighted by atomic mass is 9.86. The average Bonchev–Trinajstić information content (AvgIpc) is 2.19. The molecule has 3 unspecified atom stereocenters. The second-order valence-electron chi connectivity index (χ2n) is 5.19. The SMILES string of the molecule is CN(C)CC(O)CNCC1CCCCC1O. The summed E-state index contributed by atoms with van der Waals surface area (Å²) < 4.78 is 0. The van der Waals surface area contributed by atoms with Crippen molar-refractivity contribution in [2.24, 2.45) is 5.92 Å². The molecule has 4 heteroatoms. The van der Waals surface area contributed by atoms with Crippen molar-refractivity contribution in [2.75, 3.05) is 33.7 Å². The van der Waals surface area contributed by atoms with E-state index in [1.54, 1.807) is 0 Å². The van der Waals surface area contributed by atoms with Crippen LogP contribution in [0.1, 0.15) is 25.7 Å². The molecule has 0 spiro atoms. The van der Waals surface area contributed by atoms with Crippen molar-refractivity contribution in [3.8, 4) is 0 Å². The Morgan fingerprint density at radius 2 is 2.00 bits per heavy atom. The van der Waals surface area contributed by atoms with Crippen molar-refractivity contribution in [3.63, 3.8) is 0 Å². The number of aliphatic hydroxyl groups is 2. The molecule has 0 aromatic rings. The number of likely N-dealkylation sites (N-methyl/N-ethyl adjacent to an activating group) is 1. The van der Waals surface area contributed by atoms with E-state index in [0.29, 0.717) is 19.0 Å². The van der Waals surface area contributed by atoms with Gasteiger partial charge in [0.1, 0.15) is 0 Å². The fourth-order valence-electron chi connectivity index (χ4n) is 2.35. The smallest absolute Gasteiger partial charge is 0.0791 e. The lowest BCUT2D eigenvalue weighted by Gasteiger charge is -2.28. The van der Waals surface area contributed by atoms with Crippen molar-refractivity contribution >= 4 is 0 Å². The lowest BCUT2D eigenvalue weighted by Crippen LogP contribution is -2.39. The van der Waals surface area contributed by atoms with Crippen LogP contribution in [0.3, 0.4) is 0 Å². The van der Waals surface area contributed by atoms with Gasteiger partial charge in [-0.25, -0.2) is 0 Å². The first-order valence-electron chi connectivity index (χ1n) is 6.31. The Morgan fingerprint density at radius 3 is 2.62 bits per heavy atom. The Labute approximate surface area is 98.6 Å². The topological polar surface area (TPSA) is 55.7 Å². The van der Waals surface area contributed by atoms with Gasteiger partial charge >= 0.3 is 0 Å². The van der Waals surface area contributed by atoms with Crippen LogP contribution in [0.4, 0.5) is 0 Å². The molecule has 1 aliphatic carbocycles. The highest BCUT2D eigenvalue weighted by atomic mass is 16.3. The van der Waals surface area contributed by atoms with Crippen LogP contribution in [0.5, 0.6) is 0 Å². The number of hydrogen-bond donors (Lipinski definition) is 3. The molecular weight excluding hydrogens is 204 g/mol. The molecule has 4 nitrogen and oxygen atoms in total. The summed E-state index contributed by atoms with van der Waals surface area (Å²) in [4.78, 5) is 1.97. The number of aliphatic hydroxyl groups excluding tert-OH is 2. The molecule has 0 aromatic carbocycles. The highest BCUT2D eigenvalue weighted by molar-refractivity contribution is 4.76. The zero-order valence-corrected chi connectivity index (χ0v) is 10.5. The van der Waals surface area contributed by atoms with Crippen molar-refractivity contribution in [3.05, 3.63) is 0 Å². The average molecular weight is 230 g/mol. The number of nitrogens with one attached hydrogen (secondary N) is 1. The molecule has 0 bridgehead atoms. The van der Waals surface area contributed by atoms with Gasteiger partial charge in [0.05, 0.1) is 12.2 Å². The monoisotopic (exact) mass is 230 g/mol. The second kappa shape index (κ2) is 7.22. The molecule has 96 valence electrons. The molecule has 1 saturated carbocycles. The summed E-state index contributed by atoms with van der Waals surface area (Å²) in [5, 5.41) is 22.7. The first-order valence-corrected chi connectivity index (χ1v) is 6.31. The Kier molecular flexibility index (Phi) is 6.28. The van der Waals surface area contributed by atoms with Crippen molar-refractivity contribution < 1.29 is 10.2 Å². The Bertz CT molecular complexity index is 188. The van der Waals surface area contributed by atoms with E-state index in [4.69, 9.17) is 0 Å². The van der Waals surface area contributed by atoms with E-state index in [2.05, 4.69) is 5.32 Å². The fourth-order valence-corrected chi connectivity index (χ4v) is 2.35. The van der Waals surface area contributed by atoms with Gasteiger partial charge in [0.25, 0.3) is 0 Å².